The Labute approximate surface area is 240 Å². The van der Waals surface area contributed by atoms with E-state index in [9.17, 15) is 9.90 Å². The molecule has 1 saturated carbocycles. The number of ether oxygens (including phenoxy) is 2. The van der Waals surface area contributed by atoms with Crippen molar-refractivity contribution in [1.82, 2.24) is 15.0 Å². The highest BCUT2D eigenvalue weighted by Crippen LogP contribution is 2.31. The lowest BCUT2D eigenvalue weighted by atomic mass is 9.91. The van der Waals surface area contributed by atoms with Gasteiger partial charge in [0, 0.05) is 48.6 Å². The summed E-state index contributed by atoms with van der Waals surface area (Å²) in [5, 5.41) is 14.2. The zero-order valence-electron chi connectivity index (χ0n) is 23.3. The molecule has 3 aromatic rings. The van der Waals surface area contributed by atoms with Gasteiger partial charge in [-0.05, 0) is 48.4 Å². The largest absolute Gasteiger partial charge is 0.506 e. The van der Waals surface area contributed by atoms with E-state index >= 15 is 0 Å². The minimum atomic E-state index is -1.23. The minimum Gasteiger partial charge on any atom is -0.450 e. The maximum atomic E-state index is 11.4. The lowest BCUT2D eigenvalue weighted by molar-refractivity contribution is -0.115. The van der Waals surface area contributed by atoms with Gasteiger partial charge in [-0.3, -0.25) is 4.90 Å². The van der Waals surface area contributed by atoms with Crippen molar-refractivity contribution in [3.63, 3.8) is 0 Å². The van der Waals surface area contributed by atoms with Crippen molar-refractivity contribution in [3.05, 3.63) is 58.6 Å². The van der Waals surface area contributed by atoms with Crippen molar-refractivity contribution >= 4 is 17.8 Å². The topological polar surface area (TPSA) is 97.9 Å². The molecule has 0 unspecified atom stereocenters. The van der Waals surface area contributed by atoms with E-state index in [1.807, 2.05) is 30.3 Å². The molecule has 2 heterocycles. The molecule has 8 nitrogen and oxygen atoms in total. The highest BCUT2D eigenvalue weighted by molar-refractivity contribution is 6.31. The summed E-state index contributed by atoms with van der Waals surface area (Å²) in [5.41, 5.74) is 3.19. The van der Waals surface area contributed by atoms with Crippen LogP contribution in [0, 0.1) is 5.92 Å². The van der Waals surface area contributed by atoms with Crippen LogP contribution < -0.4 is 0 Å². The van der Waals surface area contributed by atoms with Crippen molar-refractivity contribution < 1.29 is 23.9 Å². The number of likely N-dealkylation sites (tertiary alicyclic amines) is 1. The van der Waals surface area contributed by atoms with Crippen LogP contribution >= 0.6 is 11.6 Å². The van der Waals surface area contributed by atoms with E-state index in [0.29, 0.717) is 42.1 Å². The fraction of sp³-hybridized carbons (Fsp3) is 0.516. The van der Waals surface area contributed by atoms with Crippen molar-refractivity contribution in [2.75, 3.05) is 19.7 Å². The molecule has 0 radical (unpaired) electrons. The summed E-state index contributed by atoms with van der Waals surface area (Å²) in [7, 11) is 0. The summed E-state index contributed by atoms with van der Waals surface area (Å²) in [5.74, 6) is 1.49. The Kier molecular flexibility index (Phi) is 9.08. The standard InChI is InChI=1S/C31H38ClN3O5/c1-21(2)17-24-11-12-25(18-27(24)32)29-33-28(34-40-29)23-9-7-22(8-10-23)19-35-15-13-31(14-16-35,39-30(36)37)20-38-26-5-3-4-6-26/h7-12,18,21,26H,3-6,13-17,19-20H2,1-2H3,(H,36,37). The minimum absolute atomic E-state index is 0.231. The first-order valence-electron chi connectivity index (χ1n) is 14.3. The summed E-state index contributed by atoms with van der Waals surface area (Å²) in [4.78, 5) is 18.3. The second kappa shape index (κ2) is 12.7. The third-order valence-electron chi connectivity index (χ3n) is 7.93. The fourth-order valence-corrected chi connectivity index (χ4v) is 5.92. The molecule has 5 rings (SSSR count). The van der Waals surface area contributed by atoms with Crippen LogP contribution in [-0.4, -0.2) is 57.7 Å². The number of hydrogen-bond acceptors (Lipinski definition) is 7. The Morgan fingerprint density at radius 1 is 1.12 bits per heavy atom. The van der Waals surface area contributed by atoms with Crippen LogP contribution in [0.1, 0.15) is 63.5 Å². The monoisotopic (exact) mass is 567 g/mol. The number of nitrogens with zero attached hydrogens (tertiary/aromatic N) is 3. The third kappa shape index (κ3) is 7.22. The summed E-state index contributed by atoms with van der Waals surface area (Å²) in [6.07, 6.45) is 5.63. The van der Waals surface area contributed by atoms with Crippen LogP contribution in [0.4, 0.5) is 4.79 Å². The Balaban J connectivity index is 1.17. The number of aromatic nitrogens is 2. The summed E-state index contributed by atoms with van der Waals surface area (Å²) < 4.78 is 17.0. The predicted octanol–water partition coefficient (Wildman–Crippen LogP) is 7.24. The SMILES string of the molecule is CC(C)Cc1ccc(-c2nc(-c3ccc(CN4CCC(COC5CCCC5)(OC(=O)O)CC4)cc3)no2)cc1Cl. The number of carboxylic acid groups (broad SMARTS) is 1. The van der Waals surface area contributed by atoms with Gasteiger partial charge in [-0.25, -0.2) is 4.79 Å². The zero-order chi connectivity index (χ0) is 28.1. The van der Waals surface area contributed by atoms with Gasteiger partial charge in [0.15, 0.2) is 0 Å². The van der Waals surface area contributed by atoms with Gasteiger partial charge >= 0.3 is 6.16 Å². The number of benzene rings is 2. The molecule has 1 aliphatic heterocycles. The molecular formula is C31H38ClN3O5. The van der Waals surface area contributed by atoms with Crippen molar-refractivity contribution in [1.29, 1.82) is 0 Å². The number of carbonyl (C=O) groups is 1. The van der Waals surface area contributed by atoms with Crippen LogP contribution in [0.2, 0.25) is 5.02 Å². The van der Waals surface area contributed by atoms with Crippen molar-refractivity contribution in [2.45, 2.75) is 77.0 Å². The summed E-state index contributed by atoms with van der Waals surface area (Å²) in [6, 6.07) is 14.0. The lowest BCUT2D eigenvalue weighted by Gasteiger charge is -2.40. The van der Waals surface area contributed by atoms with Crippen molar-refractivity contribution in [3.8, 4) is 22.8 Å². The number of piperidine rings is 1. The van der Waals surface area contributed by atoms with Crippen LogP contribution in [0.25, 0.3) is 22.8 Å². The molecule has 2 fully saturated rings. The first kappa shape index (κ1) is 28.6. The van der Waals surface area contributed by atoms with Gasteiger partial charge in [-0.2, -0.15) is 4.98 Å². The molecular weight excluding hydrogens is 530 g/mol. The Morgan fingerprint density at radius 3 is 2.48 bits per heavy atom. The first-order chi connectivity index (χ1) is 19.3. The third-order valence-corrected chi connectivity index (χ3v) is 8.28. The van der Waals surface area contributed by atoms with Gasteiger partial charge in [0.05, 0.1) is 12.7 Å². The van der Waals surface area contributed by atoms with Gasteiger partial charge in [0.2, 0.25) is 5.82 Å². The molecule has 2 aromatic carbocycles. The van der Waals surface area contributed by atoms with Crippen LogP contribution in [0.5, 0.6) is 0 Å². The summed E-state index contributed by atoms with van der Waals surface area (Å²) >= 11 is 6.49. The molecule has 9 heteroatoms. The van der Waals surface area contributed by atoms with Gasteiger partial charge in [-0.15, -0.1) is 0 Å². The highest BCUT2D eigenvalue weighted by atomic mass is 35.5. The van der Waals surface area contributed by atoms with Crippen LogP contribution in [0.15, 0.2) is 47.0 Å². The molecule has 1 N–H and O–H groups in total. The van der Waals surface area contributed by atoms with E-state index in [2.05, 4.69) is 41.0 Å². The molecule has 0 spiro atoms. The Hall–Kier alpha value is -2.94. The fourth-order valence-electron chi connectivity index (χ4n) is 5.67. The number of rotatable bonds is 10. The van der Waals surface area contributed by atoms with Gasteiger partial charge in [0.1, 0.15) is 5.60 Å². The second-order valence-corrected chi connectivity index (χ2v) is 12.0. The van der Waals surface area contributed by atoms with E-state index in [-0.39, 0.29) is 6.10 Å². The van der Waals surface area contributed by atoms with E-state index in [1.165, 1.54) is 12.8 Å². The van der Waals surface area contributed by atoms with E-state index in [4.69, 9.17) is 25.6 Å². The molecule has 40 heavy (non-hydrogen) atoms. The van der Waals surface area contributed by atoms with E-state index < -0.39 is 11.8 Å². The second-order valence-electron chi connectivity index (χ2n) is 11.6. The molecule has 0 atom stereocenters. The van der Waals surface area contributed by atoms with Crippen LogP contribution in [0.3, 0.4) is 0 Å². The molecule has 0 amide bonds. The molecule has 214 valence electrons. The normalized spacial score (nSPS) is 17.9. The molecule has 1 aliphatic carbocycles. The highest BCUT2D eigenvalue weighted by Gasteiger charge is 2.39. The smallest absolute Gasteiger partial charge is 0.450 e. The average molecular weight is 568 g/mol. The predicted molar refractivity (Wildman–Crippen MR) is 153 cm³/mol. The quantitative estimate of drug-likeness (QED) is 0.256. The number of halogens is 1. The van der Waals surface area contributed by atoms with Crippen LogP contribution in [-0.2, 0) is 22.4 Å². The lowest BCUT2D eigenvalue weighted by Crippen LogP contribution is -2.50. The van der Waals surface area contributed by atoms with Gasteiger partial charge in [-0.1, -0.05) is 73.8 Å². The van der Waals surface area contributed by atoms with Crippen molar-refractivity contribution in [2.24, 2.45) is 5.92 Å². The maximum Gasteiger partial charge on any atom is 0.506 e. The Morgan fingerprint density at radius 2 is 1.82 bits per heavy atom. The van der Waals surface area contributed by atoms with Gasteiger partial charge in [0.25, 0.3) is 5.89 Å². The van der Waals surface area contributed by atoms with E-state index in [0.717, 1.165) is 61.2 Å². The molecule has 0 bridgehead atoms. The zero-order valence-corrected chi connectivity index (χ0v) is 24.0. The molecule has 1 saturated heterocycles. The Bertz CT molecular complexity index is 1280. The molecule has 1 aromatic heterocycles. The van der Waals surface area contributed by atoms with Gasteiger partial charge < -0.3 is 19.1 Å². The first-order valence-corrected chi connectivity index (χ1v) is 14.6. The summed E-state index contributed by atoms with van der Waals surface area (Å²) in [6.45, 7) is 6.94. The van der Waals surface area contributed by atoms with E-state index in [1.54, 1.807) is 0 Å². The average Bonchev–Trinajstić information content (AvgIpc) is 3.63. The maximum absolute atomic E-state index is 11.4. The molecule has 2 aliphatic rings. The number of hydrogen-bond donors (Lipinski definition) is 1.